The average Bonchev–Trinajstić information content (AvgIpc) is 2.38. The van der Waals surface area contributed by atoms with Crippen molar-refractivity contribution in [2.24, 2.45) is 5.92 Å². The van der Waals surface area contributed by atoms with E-state index in [-0.39, 0.29) is 6.61 Å². The molecule has 0 saturated carbocycles. The molecule has 0 bridgehead atoms. The summed E-state index contributed by atoms with van der Waals surface area (Å²) in [6.45, 7) is 4.88. The third-order valence-corrected chi connectivity index (χ3v) is 4.15. The summed E-state index contributed by atoms with van der Waals surface area (Å²) < 4.78 is 0. The van der Waals surface area contributed by atoms with Crippen molar-refractivity contribution >= 4 is 0 Å². The molecule has 16 heavy (non-hydrogen) atoms. The molecule has 3 nitrogen and oxygen atoms in total. The van der Waals surface area contributed by atoms with Gasteiger partial charge in [-0.3, -0.25) is 0 Å². The summed E-state index contributed by atoms with van der Waals surface area (Å²) in [5.74, 6) is 0.462. The first-order valence-corrected chi connectivity index (χ1v) is 6.92. The van der Waals surface area contributed by atoms with Crippen molar-refractivity contribution in [2.75, 3.05) is 32.8 Å². The topological polar surface area (TPSA) is 35.2 Å². The van der Waals surface area contributed by atoms with E-state index in [1.165, 1.54) is 38.8 Å². The molecule has 0 aromatic carbocycles. The summed E-state index contributed by atoms with van der Waals surface area (Å²) >= 11 is 0. The van der Waals surface area contributed by atoms with Gasteiger partial charge in [0, 0.05) is 6.04 Å². The number of piperidine rings is 2. The van der Waals surface area contributed by atoms with Crippen molar-refractivity contribution in [3.05, 3.63) is 0 Å². The number of nitrogens with one attached hydrogen (secondary N) is 1. The molecule has 2 aliphatic heterocycles. The van der Waals surface area contributed by atoms with E-state index in [0.717, 1.165) is 32.0 Å². The summed E-state index contributed by atoms with van der Waals surface area (Å²) in [4.78, 5) is 2.54. The molecule has 2 aliphatic rings. The summed E-state index contributed by atoms with van der Waals surface area (Å²) in [5.41, 5.74) is 0. The zero-order valence-corrected chi connectivity index (χ0v) is 10.3. The lowest BCUT2D eigenvalue weighted by molar-refractivity contribution is 0.0894. The standard InChI is InChI=1S/C13H25N2O/c16-11-12-4-8-15(9-5-12)10-6-13-3-1-2-7-14-13/h12-14H,1-11H2. The number of nitrogens with zero attached hydrogens (tertiary/aromatic N) is 1. The molecule has 2 heterocycles. The Morgan fingerprint density at radius 1 is 1.12 bits per heavy atom. The molecule has 0 aromatic heterocycles. The number of likely N-dealkylation sites (tertiary alicyclic amines) is 1. The highest BCUT2D eigenvalue weighted by atomic mass is 16.3. The molecule has 1 N–H and O–H groups in total. The van der Waals surface area contributed by atoms with Gasteiger partial charge in [-0.15, -0.1) is 0 Å². The predicted molar refractivity (Wildman–Crippen MR) is 65.0 cm³/mol. The molecule has 93 valence electrons. The van der Waals surface area contributed by atoms with E-state index in [0.29, 0.717) is 5.92 Å². The van der Waals surface area contributed by atoms with Crippen LogP contribution in [0.1, 0.15) is 38.5 Å². The van der Waals surface area contributed by atoms with Crippen molar-refractivity contribution in [3.63, 3.8) is 0 Å². The molecule has 0 aliphatic carbocycles. The second kappa shape index (κ2) is 6.58. The highest BCUT2D eigenvalue weighted by Gasteiger charge is 2.20. The predicted octanol–water partition coefficient (Wildman–Crippen LogP) is 1.66. The van der Waals surface area contributed by atoms with Crippen LogP contribution in [0.5, 0.6) is 0 Å². The average molecular weight is 225 g/mol. The minimum absolute atomic E-state index is 0.137. The summed E-state index contributed by atoms with van der Waals surface area (Å²) in [5, 5.41) is 14.4. The van der Waals surface area contributed by atoms with Crippen molar-refractivity contribution in [2.45, 2.75) is 44.6 Å². The second-order valence-corrected chi connectivity index (χ2v) is 5.39. The third kappa shape index (κ3) is 3.72. The normalized spacial score (nSPS) is 29.4. The van der Waals surface area contributed by atoms with Gasteiger partial charge < -0.3 is 10.2 Å². The molecule has 1 radical (unpaired) electrons. The van der Waals surface area contributed by atoms with E-state index in [1.807, 2.05) is 0 Å². The molecule has 2 rings (SSSR count). The highest BCUT2D eigenvalue weighted by Crippen LogP contribution is 2.18. The molecule has 1 atom stereocenters. The first-order chi connectivity index (χ1) is 7.88. The van der Waals surface area contributed by atoms with Gasteiger partial charge in [-0.05, 0) is 64.2 Å². The third-order valence-electron chi connectivity index (χ3n) is 4.15. The Balaban J connectivity index is 1.59. The van der Waals surface area contributed by atoms with Crippen LogP contribution in [-0.2, 0) is 5.11 Å². The van der Waals surface area contributed by atoms with Crippen molar-refractivity contribution in [1.82, 2.24) is 10.2 Å². The maximum atomic E-state index is 10.8. The van der Waals surface area contributed by atoms with Crippen LogP contribution in [-0.4, -0.2) is 43.7 Å². The van der Waals surface area contributed by atoms with Crippen LogP contribution >= 0.6 is 0 Å². The minimum Gasteiger partial charge on any atom is -0.314 e. The Hall–Kier alpha value is -0.120. The van der Waals surface area contributed by atoms with Crippen LogP contribution in [0.3, 0.4) is 0 Å². The van der Waals surface area contributed by atoms with E-state index in [4.69, 9.17) is 0 Å². The van der Waals surface area contributed by atoms with Crippen LogP contribution in [0.15, 0.2) is 0 Å². The van der Waals surface area contributed by atoms with Gasteiger partial charge >= 0.3 is 0 Å². The van der Waals surface area contributed by atoms with Crippen LogP contribution in [0.4, 0.5) is 0 Å². The van der Waals surface area contributed by atoms with Crippen molar-refractivity contribution in [1.29, 1.82) is 0 Å². The Bertz CT molecular complexity index is 184. The molecule has 3 heteroatoms. The summed E-state index contributed by atoms with van der Waals surface area (Å²) in [6.07, 6.45) is 7.66. The van der Waals surface area contributed by atoms with Gasteiger partial charge in [-0.1, -0.05) is 6.42 Å². The number of rotatable bonds is 4. The fourth-order valence-electron chi connectivity index (χ4n) is 2.89. The van der Waals surface area contributed by atoms with Crippen LogP contribution < -0.4 is 5.32 Å². The number of hydrogen-bond acceptors (Lipinski definition) is 2. The Labute approximate surface area is 99.2 Å². The lowest BCUT2D eigenvalue weighted by Crippen LogP contribution is -2.40. The molecule has 0 spiro atoms. The smallest absolute Gasteiger partial charge is 0.0851 e. The van der Waals surface area contributed by atoms with Crippen molar-refractivity contribution < 1.29 is 5.11 Å². The summed E-state index contributed by atoms with van der Waals surface area (Å²) in [6, 6.07) is 0.756. The van der Waals surface area contributed by atoms with Gasteiger partial charge in [0.2, 0.25) is 0 Å². The highest BCUT2D eigenvalue weighted by molar-refractivity contribution is 4.76. The van der Waals surface area contributed by atoms with E-state index in [1.54, 1.807) is 0 Å². The lowest BCUT2D eigenvalue weighted by atomic mass is 9.97. The Morgan fingerprint density at radius 3 is 2.56 bits per heavy atom. The minimum atomic E-state index is 0.137. The second-order valence-electron chi connectivity index (χ2n) is 5.39. The first kappa shape index (κ1) is 12.3. The van der Waals surface area contributed by atoms with Gasteiger partial charge in [-0.2, -0.15) is 0 Å². The van der Waals surface area contributed by atoms with E-state index < -0.39 is 0 Å². The molecule has 2 fully saturated rings. The molecule has 2 saturated heterocycles. The van der Waals surface area contributed by atoms with Gasteiger partial charge in [0.15, 0.2) is 0 Å². The zero-order chi connectivity index (χ0) is 11.2. The fourth-order valence-corrected chi connectivity index (χ4v) is 2.89. The van der Waals surface area contributed by atoms with E-state index >= 15 is 0 Å². The van der Waals surface area contributed by atoms with E-state index in [9.17, 15) is 5.11 Å². The zero-order valence-electron chi connectivity index (χ0n) is 10.3. The van der Waals surface area contributed by atoms with Gasteiger partial charge in [0.1, 0.15) is 0 Å². The van der Waals surface area contributed by atoms with Gasteiger partial charge in [0.25, 0.3) is 0 Å². The largest absolute Gasteiger partial charge is 0.314 e. The van der Waals surface area contributed by atoms with Crippen LogP contribution in [0.2, 0.25) is 0 Å². The lowest BCUT2D eigenvalue weighted by Gasteiger charge is -2.32. The summed E-state index contributed by atoms with van der Waals surface area (Å²) in [7, 11) is 0. The quantitative estimate of drug-likeness (QED) is 0.790. The fraction of sp³-hybridized carbons (Fsp3) is 1.00. The van der Waals surface area contributed by atoms with Gasteiger partial charge in [-0.25, -0.2) is 5.11 Å². The van der Waals surface area contributed by atoms with E-state index in [2.05, 4.69) is 10.2 Å². The molecule has 0 aromatic rings. The van der Waals surface area contributed by atoms with Crippen LogP contribution in [0, 0.1) is 5.92 Å². The molecule has 1 unspecified atom stereocenters. The van der Waals surface area contributed by atoms with Gasteiger partial charge in [0.05, 0.1) is 6.61 Å². The van der Waals surface area contributed by atoms with Crippen molar-refractivity contribution in [3.8, 4) is 0 Å². The first-order valence-electron chi connectivity index (χ1n) is 6.92. The molecular weight excluding hydrogens is 200 g/mol. The maximum Gasteiger partial charge on any atom is 0.0851 e. The Kier molecular flexibility index (Phi) is 5.07. The Morgan fingerprint density at radius 2 is 1.94 bits per heavy atom. The monoisotopic (exact) mass is 225 g/mol. The maximum absolute atomic E-state index is 10.8. The molecule has 0 amide bonds. The SMILES string of the molecule is [O]CC1CCN(CCC2CCCCN2)CC1. The van der Waals surface area contributed by atoms with Crippen LogP contribution in [0.25, 0.3) is 0 Å². The molecular formula is C13H25N2O. The number of hydrogen-bond donors (Lipinski definition) is 1.